The highest BCUT2D eigenvalue weighted by Crippen LogP contribution is 2.31. The minimum absolute atomic E-state index is 0.0692. The van der Waals surface area contributed by atoms with E-state index in [9.17, 15) is 4.79 Å². The highest BCUT2D eigenvalue weighted by molar-refractivity contribution is 5.83. The second-order valence-corrected chi connectivity index (χ2v) is 10.3. The number of rotatable bonds is 9. The van der Waals surface area contributed by atoms with Crippen molar-refractivity contribution in [2.24, 2.45) is 0 Å². The molecule has 6 rings (SSSR count). The summed E-state index contributed by atoms with van der Waals surface area (Å²) in [6, 6.07) is 31.4. The number of benzene rings is 3. The lowest BCUT2D eigenvalue weighted by Crippen LogP contribution is -2.14. The van der Waals surface area contributed by atoms with E-state index in [2.05, 4.69) is 82.8 Å². The second-order valence-electron chi connectivity index (χ2n) is 10.3. The van der Waals surface area contributed by atoms with E-state index in [-0.39, 0.29) is 11.8 Å². The topological polar surface area (TPSA) is 56.2 Å². The zero-order valence-corrected chi connectivity index (χ0v) is 22.3. The number of carbonyl (C=O) groups excluding carboxylic acids is 1. The summed E-state index contributed by atoms with van der Waals surface area (Å²) in [5.74, 6) is 2.03. The average Bonchev–Trinajstić information content (AvgIpc) is 3.39. The Labute approximate surface area is 229 Å². The first-order valence-corrected chi connectivity index (χ1v) is 13.7. The molecule has 0 bridgehead atoms. The molecule has 3 heterocycles. The Morgan fingerprint density at radius 3 is 2.62 bits per heavy atom. The maximum Gasteiger partial charge on any atom is 0.132 e. The van der Waals surface area contributed by atoms with Gasteiger partial charge in [-0.25, -0.2) is 4.98 Å². The summed E-state index contributed by atoms with van der Waals surface area (Å²) in [5.41, 5.74) is 6.90. The molecule has 0 radical (unpaired) electrons. The van der Waals surface area contributed by atoms with Crippen molar-refractivity contribution in [2.45, 2.75) is 38.6 Å². The van der Waals surface area contributed by atoms with E-state index in [0.717, 1.165) is 59.5 Å². The van der Waals surface area contributed by atoms with E-state index in [1.165, 1.54) is 16.7 Å². The van der Waals surface area contributed by atoms with Crippen LogP contribution in [0.1, 0.15) is 42.6 Å². The molecule has 0 spiro atoms. The number of nitrogens with zero attached hydrogens (tertiary/aromatic N) is 2. The number of aromatic nitrogens is 2. The first-order chi connectivity index (χ1) is 19.1. The summed E-state index contributed by atoms with van der Waals surface area (Å²) in [6.07, 6.45) is 5.54. The molecular formula is C34H33N3O2. The summed E-state index contributed by atoms with van der Waals surface area (Å²) in [7, 11) is 0. The lowest BCUT2D eigenvalue weighted by atomic mass is 9.97. The highest BCUT2D eigenvalue weighted by atomic mass is 16.5. The number of aryl methyl sites for hydroxylation is 1. The van der Waals surface area contributed by atoms with Gasteiger partial charge in [-0.3, -0.25) is 4.79 Å². The number of anilines is 1. The van der Waals surface area contributed by atoms with Crippen LogP contribution in [0.2, 0.25) is 0 Å². The molecule has 3 aromatic carbocycles. The van der Waals surface area contributed by atoms with Crippen molar-refractivity contribution < 1.29 is 9.53 Å². The minimum atomic E-state index is -0.0692. The molecular weight excluding hydrogens is 482 g/mol. The molecule has 5 aromatic rings. The van der Waals surface area contributed by atoms with Gasteiger partial charge in [0.15, 0.2) is 0 Å². The predicted octanol–water partition coefficient (Wildman–Crippen LogP) is 7.25. The van der Waals surface area contributed by atoms with Crippen LogP contribution in [0.25, 0.3) is 22.0 Å². The largest absolute Gasteiger partial charge is 0.493 e. The van der Waals surface area contributed by atoms with Gasteiger partial charge in [-0.15, -0.1) is 0 Å². The van der Waals surface area contributed by atoms with Crippen LogP contribution < -0.4 is 10.1 Å². The van der Waals surface area contributed by atoms with Crippen molar-refractivity contribution in [1.29, 1.82) is 0 Å². The van der Waals surface area contributed by atoms with E-state index in [1.54, 1.807) is 6.92 Å². The molecule has 0 amide bonds. The van der Waals surface area contributed by atoms with E-state index in [4.69, 9.17) is 9.72 Å². The maximum absolute atomic E-state index is 12.3. The number of ketones is 1. The normalized spacial score (nSPS) is 13.5. The van der Waals surface area contributed by atoms with Gasteiger partial charge in [0.05, 0.1) is 12.6 Å². The van der Waals surface area contributed by atoms with Gasteiger partial charge in [0.2, 0.25) is 0 Å². The van der Waals surface area contributed by atoms with Crippen molar-refractivity contribution in [2.75, 3.05) is 18.5 Å². The van der Waals surface area contributed by atoms with Crippen LogP contribution in [-0.4, -0.2) is 28.5 Å². The lowest BCUT2D eigenvalue weighted by molar-refractivity contribution is -0.117. The van der Waals surface area contributed by atoms with Gasteiger partial charge in [-0.05, 0) is 72.4 Å². The summed E-state index contributed by atoms with van der Waals surface area (Å²) >= 11 is 0. The smallest absolute Gasteiger partial charge is 0.132 e. The number of pyridine rings is 1. The number of hydrogen-bond donors (Lipinski definition) is 1. The van der Waals surface area contributed by atoms with Gasteiger partial charge in [-0.1, -0.05) is 60.7 Å². The van der Waals surface area contributed by atoms with Crippen molar-refractivity contribution in [1.82, 2.24) is 9.55 Å². The first-order valence-electron chi connectivity index (χ1n) is 13.7. The Morgan fingerprint density at radius 1 is 0.974 bits per heavy atom. The van der Waals surface area contributed by atoms with Crippen molar-refractivity contribution in [3.05, 3.63) is 114 Å². The zero-order chi connectivity index (χ0) is 26.6. The molecule has 0 saturated carbocycles. The predicted molar refractivity (Wildman–Crippen MR) is 157 cm³/mol. The summed E-state index contributed by atoms with van der Waals surface area (Å²) in [5, 5.41) is 4.50. The molecule has 0 saturated heterocycles. The fourth-order valence-electron chi connectivity index (χ4n) is 5.46. The molecule has 1 aliphatic heterocycles. The summed E-state index contributed by atoms with van der Waals surface area (Å²) in [4.78, 5) is 17.0. The van der Waals surface area contributed by atoms with Crippen molar-refractivity contribution >= 4 is 22.5 Å². The summed E-state index contributed by atoms with van der Waals surface area (Å²) < 4.78 is 8.32. The van der Waals surface area contributed by atoms with E-state index in [1.807, 2.05) is 24.3 Å². The fourth-order valence-corrected chi connectivity index (χ4v) is 5.46. The quantitative estimate of drug-likeness (QED) is 0.225. The van der Waals surface area contributed by atoms with Crippen LogP contribution in [0.3, 0.4) is 0 Å². The number of nitrogens with one attached hydrogen (secondary N) is 1. The van der Waals surface area contributed by atoms with Crippen LogP contribution in [0.15, 0.2) is 97.2 Å². The van der Waals surface area contributed by atoms with E-state index >= 15 is 0 Å². The van der Waals surface area contributed by atoms with Crippen molar-refractivity contribution in [3.8, 4) is 16.9 Å². The van der Waals surface area contributed by atoms with Gasteiger partial charge in [0.1, 0.15) is 17.4 Å². The third-order valence-corrected chi connectivity index (χ3v) is 7.49. The highest BCUT2D eigenvalue weighted by Gasteiger charge is 2.18. The van der Waals surface area contributed by atoms with Crippen LogP contribution >= 0.6 is 0 Å². The standard InChI is InChI=1S/C34H33N3O2/c1-24(38)22-33(27-11-9-26(10-12-27)25-6-3-2-4-7-25)37-20-17-29-23-31(15-16-32(29)37)39-21-18-30-14-13-28-8-5-19-35-34(28)36-30/h2-4,6-7,9-17,20,23,33H,5,8,18-19,21-22H2,1H3,(H,35,36). The number of fused-ring (bicyclic) bond motifs is 2. The lowest BCUT2D eigenvalue weighted by Gasteiger charge is -2.20. The third kappa shape index (κ3) is 5.58. The molecule has 0 aliphatic carbocycles. The van der Waals surface area contributed by atoms with Gasteiger partial charge in [0.25, 0.3) is 0 Å². The molecule has 196 valence electrons. The Kier molecular flexibility index (Phi) is 7.13. The van der Waals surface area contributed by atoms with Crippen LogP contribution in [0.5, 0.6) is 5.75 Å². The van der Waals surface area contributed by atoms with Crippen LogP contribution in [-0.2, 0) is 17.6 Å². The molecule has 5 nitrogen and oxygen atoms in total. The molecule has 0 fully saturated rings. The Bertz CT molecular complexity index is 1590. The molecule has 1 aliphatic rings. The first kappa shape index (κ1) is 24.9. The average molecular weight is 516 g/mol. The Morgan fingerprint density at radius 2 is 1.79 bits per heavy atom. The number of hydrogen-bond acceptors (Lipinski definition) is 4. The van der Waals surface area contributed by atoms with Crippen molar-refractivity contribution in [3.63, 3.8) is 0 Å². The zero-order valence-electron chi connectivity index (χ0n) is 22.3. The molecule has 39 heavy (non-hydrogen) atoms. The SMILES string of the molecule is CC(=O)CC(c1ccc(-c2ccccc2)cc1)n1ccc2cc(OCCc3ccc4c(n3)NCCC4)ccc21. The maximum atomic E-state index is 12.3. The van der Waals surface area contributed by atoms with Gasteiger partial charge < -0.3 is 14.6 Å². The molecule has 1 unspecified atom stereocenters. The molecule has 1 atom stereocenters. The van der Waals surface area contributed by atoms with Gasteiger partial charge in [-0.2, -0.15) is 0 Å². The molecule has 1 N–H and O–H groups in total. The number of carbonyl (C=O) groups is 1. The third-order valence-electron chi connectivity index (χ3n) is 7.49. The minimum Gasteiger partial charge on any atom is -0.493 e. The van der Waals surface area contributed by atoms with Gasteiger partial charge >= 0.3 is 0 Å². The number of ether oxygens (including phenoxy) is 1. The molecule has 2 aromatic heterocycles. The Balaban J connectivity index is 1.18. The van der Waals surface area contributed by atoms with E-state index < -0.39 is 0 Å². The van der Waals surface area contributed by atoms with Crippen LogP contribution in [0, 0.1) is 0 Å². The van der Waals surface area contributed by atoms with Gasteiger partial charge in [0, 0.05) is 42.2 Å². The molecule has 5 heteroatoms. The second kappa shape index (κ2) is 11.2. The van der Waals surface area contributed by atoms with Crippen LogP contribution in [0.4, 0.5) is 5.82 Å². The number of Topliss-reactive ketones (excluding diaryl/α,β-unsaturated/α-hetero) is 1. The summed E-state index contributed by atoms with van der Waals surface area (Å²) in [6.45, 7) is 3.22. The van der Waals surface area contributed by atoms with E-state index in [0.29, 0.717) is 13.0 Å². The Hall–Kier alpha value is -4.38. The monoisotopic (exact) mass is 515 g/mol. The fraction of sp³-hybridized carbons (Fsp3) is 0.235.